The number of aromatic amines is 2. The lowest BCUT2D eigenvalue weighted by Crippen LogP contribution is -2.29. The van der Waals surface area contributed by atoms with Gasteiger partial charge in [0.2, 0.25) is 0 Å². The van der Waals surface area contributed by atoms with Crippen LogP contribution in [-0.4, -0.2) is 14.5 Å². The van der Waals surface area contributed by atoms with Crippen LogP contribution in [0, 0.1) is 11.3 Å². The Morgan fingerprint density at radius 1 is 0.952 bits per heavy atom. The minimum Gasteiger partial charge on any atom is -0.322 e. The number of nitrogens with one attached hydrogen (secondary N) is 2. The van der Waals surface area contributed by atoms with Gasteiger partial charge in [-0.3, -0.25) is 14.4 Å². The van der Waals surface area contributed by atoms with E-state index in [1.807, 2.05) is 6.07 Å². The van der Waals surface area contributed by atoms with Crippen molar-refractivity contribution in [3.05, 3.63) is 73.2 Å². The third-order valence-corrected chi connectivity index (χ3v) is 3.04. The second-order valence-corrected chi connectivity index (χ2v) is 4.38. The van der Waals surface area contributed by atoms with Gasteiger partial charge in [-0.05, 0) is 12.1 Å². The number of H-pyrrole nitrogens is 2. The van der Waals surface area contributed by atoms with E-state index in [1.54, 1.807) is 10.6 Å². The second kappa shape index (κ2) is 4.61. The lowest BCUT2D eigenvalue weighted by molar-refractivity contribution is 1.03. The van der Waals surface area contributed by atoms with E-state index in [0.717, 1.165) is 0 Å². The zero-order chi connectivity index (χ0) is 15.0. The maximum Gasteiger partial charge on any atom is 0.314 e. The van der Waals surface area contributed by atoms with Crippen molar-refractivity contribution in [3.8, 4) is 11.8 Å². The van der Waals surface area contributed by atoms with Gasteiger partial charge in [0.25, 0.3) is 0 Å². The molecule has 1 aromatic carbocycles. The Morgan fingerprint density at radius 2 is 1.52 bits per heavy atom. The molecule has 0 amide bonds. The first-order valence-electron chi connectivity index (χ1n) is 5.97. The maximum atomic E-state index is 11.4. The summed E-state index contributed by atoms with van der Waals surface area (Å²) in [6.45, 7) is 0. The lowest BCUT2D eigenvalue weighted by Gasteiger charge is -2.09. The number of nitriles is 1. The van der Waals surface area contributed by atoms with Crippen molar-refractivity contribution in [3.63, 3.8) is 0 Å². The molecule has 0 fully saturated rings. The molecular formula is C14H8N4O3. The van der Waals surface area contributed by atoms with Crippen molar-refractivity contribution in [1.29, 1.82) is 5.26 Å². The molecule has 0 saturated carbocycles. The molecule has 0 bridgehead atoms. The van der Waals surface area contributed by atoms with Gasteiger partial charge in [-0.25, -0.2) is 0 Å². The maximum absolute atomic E-state index is 11.4. The van der Waals surface area contributed by atoms with Gasteiger partial charge < -0.3 is 14.5 Å². The summed E-state index contributed by atoms with van der Waals surface area (Å²) in [5.74, 6) is 0. The molecule has 2 N–H and O–H groups in total. The summed E-state index contributed by atoms with van der Waals surface area (Å²) < 4.78 is 1.59. The predicted octanol–water partition coefficient (Wildman–Crippen LogP) is 0.239. The molecule has 3 aromatic rings. The number of fused-ring (bicyclic) bond motifs is 1. The number of hydrogen-bond acceptors (Lipinski definition) is 4. The first kappa shape index (κ1) is 12.6. The molecule has 0 aliphatic carbocycles. The summed E-state index contributed by atoms with van der Waals surface area (Å²) in [7, 11) is 0. The number of pyridine rings is 1. The monoisotopic (exact) mass is 280 g/mol. The molecule has 2 aromatic heterocycles. The van der Waals surface area contributed by atoms with Crippen molar-refractivity contribution in [2.24, 2.45) is 0 Å². The minimum atomic E-state index is -0.775. The fraction of sp³-hybridized carbons (Fsp3) is 0. The van der Waals surface area contributed by atoms with E-state index < -0.39 is 11.1 Å². The first-order chi connectivity index (χ1) is 10.1. The van der Waals surface area contributed by atoms with Crippen LogP contribution in [0.15, 0.2) is 51.0 Å². The Bertz CT molecular complexity index is 1050. The fourth-order valence-corrected chi connectivity index (χ4v) is 2.03. The highest BCUT2D eigenvalue weighted by molar-refractivity contribution is 5.79. The van der Waals surface area contributed by atoms with E-state index in [2.05, 4.69) is 9.97 Å². The standard InChI is InChI=1S/C14H8N4O3/c15-7-8-5-10-11(17-14(21)13(20)16-10)6-12(8)18-3-1-9(19)2-4-18/h1-6H,(H,16,20)(H,17,21). The van der Waals surface area contributed by atoms with Crippen molar-refractivity contribution >= 4 is 11.0 Å². The molecule has 0 atom stereocenters. The Morgan fingerprint density at radius 3 is 2.10 bits per heavy atom. The first-order valence-corrected chi connectivity index (χ1v) is 5.97. The minimum absolute atomic E-state index is 0.150. The van der Waals surface area contributed by atoms with E-state index in [-0.39, 0.29) is 5.43 Å². The van der Waals surface area contributed by atoms with Crippen LogP contribution in [0.4, 0.5) is 0 Å². The Hall–Kier alpha value is -3.40. The van der Waals surface area contributed by atoms with E-state index in [4.69, 9.17) is 0 Å². The molecule has 0 aliphatic heterocycles. The summed E-state index contributed by atoms with van der Waals surface area (Å²) in [5, 5.41) is 9.23. The SMILES string of the molecule is N#Cc1cc2[nH]c(=O)c(=O)[nH]c2cc1-n1ccc(=O)cc1. The van der Waals surface area contributed by atoms with Crippen LogP contribution in [-0.2, 0) is 0 Å². The summed E-state index contributed by atoms with van der Waals surface area (Å²) in [4.78, 5) is 38.7. The molecular weight excluding hydrogens is 272 g/mol. The van der Waals surface area contributed by atoms with Crippen molar-refractivity contribution in [1.82, 2.24) is 14.5 Å². The topological polar surface area (TPSA) is 112 Å². The molecule has 7 nitrogen and oxygen atoms in total. The van der Waals surface area contributed by atoms with Crippen molar-refractivity contribution < 1.29 is 0 Å². The van der Waals surface area contributed by atoms with Crippen LogP contribution < -0.4 is 16.5 Å². The van der Waals surface area contributed by atoms with Crippen LogP contribution in [0.2, 0.25) is 0 Å². The third-order valence-electron chi connectivity index (χ3n) is 3.04. The molecule has 0 spiro atoms. The smallest absolute Gasteiger partial charge is 0.314 e. The molecule has 7 heteroatoms. The quantitative estimate of drug-likeness (QED) is 0.622. The molecule has 102 valence electrons. The highest BCUT2D eigenvalue weighted by Crippen LogP contribution is 2.18. The van der Waals surface area contributed by atoms with Crippen LogP contribution in [0.25, 0.3) is 16.7 Å². The number of benzene rings is 1. The number of hydrogen-bond donors (Lipinski definition) is 2. The zero-order valence-corrected chi connectivity index (χ0v) is 10.6. The molecule has 3 rings (SSSR count). The number of aromatic nitrogens is 3. The lowest BCUT2D eigenvalue weighted by atomic mass is 10.1. The van der Waals surface area contributed by atoms with E-state index in [0.29, 0.717) is 22.3 Å². The molecule has 21 heavy (non-hydrogen) atoms. The summed E-state index contributed by atoms with van der Waals surface area (Å²) in [5.41, 5.74) is -0.140. The highest BCUT2D eigenvalue weighted by atomic mass is 16.2. The van der Waals surface area contributed by atoms with Gasteiger partial charge in [0, 0.05) is 24.5 Å². The van der Waals surface area contributed by atoms with E-state index in [1.165, 1.54) is 30.6 Å². The highest BCUT2D eigenvalue weighted by Gasteiger charge is 2.08. The molecule has 2 heterocycles. The van der Waals surface area contributed by atoms with Gasteiger partial charge >= 0.3 is 11.1 Å². The average molecular weight is 280 g/mol. The summed E-state index contributed by atoms with van der Waals surface area (Å²) in [6.07, 6.45) is 3.04. The number of nitrogens with zero attached hydrogens (tertiary/aromatic N) is 2. The summed E-state index contributed by atoms with van der Waals surface area (Å²) in [6, 6.07) is 7.78. The Kier molecular flexibility index (Phi) is 2.77. The normalized spacial score (nSPS) is 10.4. The fourth-order valence-electron chi connectivity index (χ4n) is 2.03. The van der Waals surface area contributed by atoms with Crippen LogP contribution in [0.5, 0.6) is 0 Å². The Balaban J connectivity index is 2.37. The molecule has 0 saturated heterocycles. The summed E-state index contributed by atoms with van der Waals surface area (Å²) >= 11 is 0. The van der Waals surface area contributed by atoms with Crippen LogP contribution >= 0.6 is 0 Å². The van der Waals surface area contributed by atoms with Crippen molar-refractivity contribution in [2.75, 3.05) is 0 Å². The van der Waals surface area contributed by atoms with Gasteiger partial charge in [-0.15, -0.1) is 0 Å². The number of rotatable bonds is 1. The van der Waals surface area contributed by atoms with Gasteiger partial charge in [-0.2, -0.15) is 5.26 Å². The van der Waals surface area contributed by atoms with E-state index >= 15 is 0 Å². The van der Waals surface area contributed by atoms with Crippen molar-refractivity contribution in [2.45, 2.75) is 0 Å². The van der Waals surface area contributed by atoms with Gasteiger partial charge in [0.15, 0.2) is 5.43 Å². The molecule has 0 aliphatic rings. The second-order valence-electron chi connectivity index (χ2n) is 4.38. The predicted molar refractivity (Wildman–Crippen MR) is 75.5 cm³/mol. The average Bonchev–Trinajstić information content (AvgIpc) is 2.48. The molecule has 0 unspecified atom stereocenters. The zero-order valence-electron chi connectivity index (χ0n) is 10.6. The molecule has 0 radical (unpaired) electrons. The van der Waals surface area contributed by atoms with Gasteiger partial charge in [0.1, 0.15) is 6.07 Å². The van der Waals surface area contributed by atoms with Gasteiger partial charge in [0.05, 0.1) is 22.3 Å². The largest absolute Gasteiger partial charge is 0.322 e. The van der Waals surface area contributed by atoms with E-state index in [9.17, 15) is 19.6 Å². The Labute approximate surface area is 116 Å². The van der Waals surface area contributed by atoms with Crippen LogP contribution in [0.1, 0.15) is 5.56 Å². The third kappa shape index (κ3) is 2.15. The van der Waals surface area contributed by atoms with Crippen LogP contribution in [0.3, 0.4) is 0 Å². The van der Waals surface area contributed by atoms with Gasteiger partial charge in [-0.1, -0.05) is 0 Å².